The number of nitrogens with one attached hydrogen (secondary N) is 1. The fourth-order valence-electron chi connectivity index (χ4n) is 2.45. The first-order valence-electron chi connectivity index (χ1n) is 7.22. The molecule has 0 heterocycles. The molecular formula is C16H25ClN2O. The second-order valence-corrected chi connectivity index (χ2v) is 5.89. The van der Waals surface area contributed by atoms with Gasteiger partial charge in [0.1, 0.15) is 0 Å². The summed E-state index contributed by atoms with van der Waals surface area (Å²) in [6.45, 7) is 6.77. The molecule has 0 aromatic heterocycles. The third-order valence-corrected chi connectivity index (χ3v) is 4.19. The minimum Gasteiger partial charge on any atom is -0.355 e. The summed E-state index contributed by atoms with van der Waals surface area (Å²) >= 11 is 5.95. The van der Waals surface area contributed by atoms with E-state index in [1.54, 1.807) is 0 Å². The minimum atomic E-state index is -0.108. The summed E-state index contributed by atoms with van der Waals surface area (Å²) in [4.78, 5) is 11.8. The summed E-state index contributed by atoms with van der Waals surface area (Å²) < 4.78 is 0. The fourth-order valence-corrected chi connectivity index (χ4v) is 2.57. The number of halogens is 1. The van der Waals surface area contributed by atoms with E-state index in [2.05, 4.69) is 19.2 Å². The average Bonchev–Trinajstić information content (AvgIpc) is 2.41. The van der Waals surface area contributed by atoms with Crippen LogP contribution in [-0.4, -0.2) is 18.5 Å². The molecule has 0 bridgehead atoms. The van der Waals surface area contributed by atoms with Crippen molar-refractivity contribution in [2.75, 3.05) is 6.54 Å². The van der Waals surface area contributed by atoms with Crippen molar-refractivity contribution in [3.63, 3.8) is 0 Å². The molecule has 1 aromatic rings. The first-order chi connectivity index (χ1) is 9.43. The molecular weight excluding hydrogens is 272 g/mol. The molecule has 1 aromatic carbocycles. The van der Waals surface area contributed by atoms with Crippen molar-refractivity contribution in [2.24, 2.45) is 5.73 Å². The lowest BCUT2D eigenvalue weighted by molar-refractivity contribution is -0.121. The van der Waals surface area contributed by atoms with Gasteiger partial charge in [0.25, 0.3) is 0 Å². The molecule has 20 heavy (non-hydrogen) atoms. The number of nitrogens with two attached hydrogens (primary N) is 1. The summed E-state index contributed by atoms with van der Waals surface area (Å²) in [5, 5.41) is 3.75. The maximum atomic E-state index is 11.8. The van der Waals surface area contributed by atoms with Crippen molar-refractivity contribution >= 4 is 17.5 Å². The second kappa shape index (κ2) is 7.65. The van der Waals surface area contributed by atoms with Gasteiger partial charge in [-0.05, 0) is 37.5 Å². The van der Waals surface area contributed by atoms with Gasteiger partial charge in [0.15, 0.2) is 0 Å². The van der Waals surface area contributed by atoms with E-state index < -0.39 is 0 Å². The lowest BCUT2D eigenvalue weighted by atomic mass is 9.76. The number of hydrogen-bond acceptors (Lipinski definition) is 2. The van der Waals surface area contributed by atoms with E-state index in [4.69, 9.17) is 17.3 Å². The first-order valence-corrected chi connectivity index (χ1v) is 7.59. The van der Waals surface area contributed by atoms with Gasteiger partial charge in [0.2, 0.25) is 5.91 Å². The highest BCUT2D eigenvalue weighted by Crippen LogP contribution is 2.31. The van der Waals surface area contributed by atoms with Gasteiger partial charge in [-0.15, -0.1) is 0 Å². The van der Waals surface area contributed by atoms with Crippen LogP contribution >= 0.6 is 11.6 Å². The van der Waals surface area contributed by atoms with Gasteiger partial charge in [-0.3, -0.25) is 4.79 Å². The third-order valence-electron chi connectivity index (χ3n) is 3.94. The Morgan fingerprint density at radius 2 is 1.85 bits per heavy atom. The van der Waals surface area contributed by atoms with Crippen LogP contribution in [-0.2, 0) is 10.2 Å². The summed E-state index contributed by atoms with van der Waals surface area (Å²) in [6.07, 6.45) is 2.29. The minimum absolute atomic E-state index is 0.0141. The van der Waals surface area contributed by atoms with Crippen LogP contribution < -0.4 is 11.1 Å². The second-order valence-electron chi connectivity index (χ2n) is 5.45. The lowest BCUT2D eigenvalue weighted by Crippen LogP contribution is -2.41. The van der Waals surface area contributed by atoms with Crippen molar-refractivity contribution < 1.29 is 4.79 Å². The SMILES string of the molecule is CCC(CC)(CNC(=O)CC(C)N)c1ccc(Cl)cc1. The molecule has 0 aliphatic heterocycles. The van der Waals surface area contributed by atoms with E-state index in [0.29, 0.717) is 13.0 Å². The zero-order valence-corrected chi connectivity index (χ0v) is 13.3. The van der Waals surface area contributed by atoms with Crippen LogP contribution in [0.15, 0.2) is 24.3 Å². The molecule has 1 rings (SSSR count). The molecule has 0 saturated heterocycles. The van der Waals surface area contributed by atoms with E-state index in [1.165, 1.54) is 5.56 Å². The molecule has 3 N–H and O–H groups in total. The van der Waals surface area contributed by atoms with Gasteiger partial charge in [-0.25, -0.2) is 0 Å². The molecule has 3 nitrogen and oxygen atoms in total. The molecule has 0 saturated carbocycles. The highest BCUT2D eigenvalue weighted by molar-refractivity contribution is 6.30. The zero-order chi connectivity index (χ0) is 15.2. The lowest BCUT2D eigenvalue weighted by Gasteiger charge is -2.33. The van der Waals surface area contributed by atoms with Crippen molar-refractivity contribution in [1.29, 1.82) is 0 Å². The molecule has 4 heteroatoms. The van der Waals surface area contributed by atoms with Gasteiger partial charge in [-0.1, -0.05) is 37.6 Å². The summed E-state index contributed by atoms with van der Waals surface area (Å²) in [6, 6.07) is 7.80. The molecule has 1 unspecified atom stereocenters. The monoisotopic (exact) mass is 296 g/mol. The Balaban J connectivity index is 2.81. The van der Waals surface area contributed by atoms with E-state index in [-0.39, 0.29) is 17.4 Å². The predicted molar refractivity (Wildman–Crippen MR) is 85.0 cm³/mol. The topological polar surface area (TPSA) is 55.1 Å². The number of hydrogen-bond donors (Lipinski definition) is 2. The van der Waals surface area contributed by atoms with Gasteiger partial charge in [0.05, 0.1) is 0 Å². The fraction of sp³-hybridized carbons (Fsp3) is 0.562. The number of rotatable bonds is 7. The Hall–Kier alpha value is -1.06. The quantitative estimate of drug-likeness (QED) is 0.811. The van der Waals surface area contributed by atoms with Crippen molar-refractivity contribution in [1.82, 2.24) is 5.32 Å². The van der Waals surface area contributed by atoms with Crippen LogP contribution in [0.2, 0.25) is 5.02 Å². The average molecular weight is 297 g/mol. The summed E-state index contributed by atoms with van der Waals surface area (Å²) in [5.41, 5.74) is 6.82. The van der Waals surface area contributed by atoms with Crippen LogP contribution in [0.5, 0.6) is 0 Å². The number of carbonyl (C=O) groups excluding carboxylic acids is 1. The number of carbonyl (C=O) groups is 1. The molecule has 1 atom stereocenters. The normalized spacial score (nSPS) is 13.1. The van der Waals surface area contributed by atoms with E-state index in [1.807, 2.05) is 31.2 Å². The predicted octanol–water partition coefficient (Wildman–Crippen LogP) is 3.25. The van der Waals surface area contributed by atoms with E-state index >= 15 is 0 Å². The largest absolute Gasteiger partial charge is 0.355 e. The maximum absolute atomic E-state index is 11.8. The molecule has 1 amide bonds. The highest BCUT2D eigenvalue weighted by atomic mass is 35.5. The van der Waals surface area contributed by atoms with Gasteiger partial charge >= 0.3 is 0 Å². The maximum Gasteiger partial charge on any atom is 0.221 e. The summed E-state index contributed by atoms with van der Waals surface area (Å²) in [7, 11) is 0. The van der Waals surface area contributed by atoms with E-state index in [0.717, 1.165) is 17.9 Å². The Labute approximate surface area is 126 Å². The van der Waals surface area contributed by atoms with Crippen LogP contribution in [0.4, 0.5) is 0 Å². The van der Waals surface area contributed by atoms with Gasteiger partial charge in [0, 0.05) is 29.4 Å². The smallest absolute Gasteiger partial charge is 0.221 e. The number of amides is 1. The summed E-state index contributed by atoms with van der Waals surface area (Å²) in [5.74, 6) is 0.0141. The Morgan fingerprint density at radius 1 is 1.30 bits per heavy atom. The molecule has 0 aliphatic rings. The van der Waals surface area contributed by atoms with Gasteiger partial charge in [-0.2, -0.15) is 0 Å². The highest BCUT2D eigenvalue weighted by Gasteiger charge is 2.28. The van der Waals surface area contributed by atoms with Gasteiger partial charge < -0.3 is 11.1 Å². The van der Waals surface area contributed by atoms with Crippen LogP contribution in [0.1, 0.15) is 45.6 Å². The molecule has 0 aliphatic carbocycles. The molecule has 0 spiro atoms. The Kier molecular flexibility index (Phi) is 6.50. The molecule has 0 fully saturated rings. The first kappa shape index (κ1) is 17.0. The Bertz CT molecular complexity index is 425. The standard InChI is InChI=1S/C16H25ClN2O/c1-4-16(5-2,11-19-15(20)10-12(3)18)13-6-8-14(17)9-7-13/h6-9,12H,4-5,10-11,18H2,1-3H3,(H,19,20). The molecule has 112 valence electrons. The third kappa shape index (κ3) is 4.50. The van der Waals surface area contributed by atoms with Crippen LogP contribution in [0, 0.1) is 0 Å². The molecule has 0 radical (unpaired) electrons. The number of benzene rings is 1. The van der Waals surface area contributed by atoms with Crippen LogP contribution in [0.25, 0.3) is 0 Å². The van der Waals surface area contributed by atoms with Crippen molar-refractivity contribution in [3.05, 3.63) is 34.9 Å². The zero-order valence-electron chi connectivity index (χ0n) is 12.6. The van der Waals surface area contributed by atoms with Crippen molar-refractivity contribution in [3.8, 4) is 0 Å². The van der Waals surface area contributed by atoms with E-state index in [9.17, 15) is 4.79 Å². The van der Waals surface area contributed by atoms with Crippen LogP contribution in [0.3, 0.4) is 0 Å². The van der Waals surface area contributed by atoms with Crippen molar-refractivity contribution in [2.45, 2.75) is 51.5 Å². The Morgan fingerprint density at radius 3 is 2.30 bits per heavy atom.